The average Bonchev–Trinajstić information content (AvgIpc) is 3.32. The zero-order chi connectivity index (χ0) is 29.1. The number of nitrogens with zero attached hydrogens (tertiary/aromatic N) is 4. The predicted octanol–water partition coefficient (Wildman–Crippen LogP) is -2.30. The molecule has 1 saturated heterocycles. The molecule has 25 heteroatoms. The van der Waals surface area contributed by atoms with Gasteiger partial charge in [0.1, 0.15) is 36.2 Å². The molecule has 2 aromatic rings. The number of aliphatic carboxylic acids is 1. The Labute approximate surface area is 217 Å². The van der Waals surface area contributed by atoms with E-state index in [1.165, 1.54) is 10.9 Å². The topological polar surface area (TPSA) is 342 Å². The fraction of sp³-hybridized carbons (Fsp3) is 0.538. The zero-order valence-corrected chi connectivity index (χ0v) is 22.2. The highest BCUT2D eigenvalue weighted by Crippen LogP contribution is 2.66. The van der Waals surface area contributed by atoms with Crippen LogP contribution in [-0.4, -0.2) is 97.1 Å². The number of fused-ring (bicyclic) bond motifs is 1. The van der Waals surface area contributed by atoms with E-state index in [1.54, 1.807) is 0 Å². The van der Waals surface area contributed by atoms with Crippen LogP contribution in [-0.2, 0) is 36.4 Å². The van der Waals surface area contributed by atoms with Gasteiger partial charge in [-0.15, -0.1) is 0 Å². The number of carboxylic acids is 1. The van der Waals surface area contributed by atoms with Crippen LogP contribution in [0, 0.1) is 0 Å². The number of aliphatic hydroxyl groups excluding tert-OH is 2. The zero-order valence-electron chi connectivity index (χ0n) is 18.6. The van der Waals surface area contributed by atoms with Gasteiger partial charge in [0.2, 0.25) is 0 Å². The Bertz CT molecular complexity index is 1280. The minimum Gasteiger partial charge on any atom is -0.480 e. The maximum absolute atomic E-state index is 11.8. The third-order valence-corrected chi connectivity index (χ3v) is 8.53. The minimum atomic E-state index is -5.70. The molecule has 1 aliphatic rings. The lowest BCUT2D eigenvalue weighted by molar-refractivity contribution is -0.137. The number of aliphatic hydroxyl groups is 2. The number of carboxylic acid groups (broad SMARTS) is 1. The number of imidazole rings is 1. The monoisotopic (exact) mass is 628 g/mol. The molecule has 11 N–H and O–H groups in total. The van der Waals surface area contributed by atoms with E-state index in [1.807, 2.05) is 0 Å². The van der Waals surface area contributed by atoms with Gasteiger partial charge in [0, 0.05) is 5.75 Å². The molecule has 0 aliphatic carbocycles. The summed E-state index contributed by atoms with van der Waals surface area (Å²) in [6, 6.07) is -0.816. The largest absolute Gasteiger partial charge is 0.490 e. The number of phosphoric ester groups is 1. The van der Waals surface area contributed by atoms with Crippen LogP contribution in [0.15, 0.2) is 12.7 Å². The van der Waals surface area contributed by atoms with Gasteiger partial charge >= 0.3 is 29.4 Å². The third-order valence-electron chi connectivity index (χ3n) is 4.33. The number of nitrogen functional groups attached to an aromatic ring is 1. The first kappa shape index (κ1) is 32.6. The molecule has 0 amide bonds. The standard InChI is InChI=1S/C10H16N5O13P3.C3H7NO2S/c11-8-5-9(13-2-12-8)15(3-14-5)10-7(17)6(16)4(26-10)1-25-30(21,22)28-31(23,24)27-29(18,19)20;4-2(1-7)3(5)6/h2-4,6-7,10,16-17H,1H2,(H,21,22)(H,23,24)(H2,11,12,13)(H2,18,19,20);2,7H,1,4H2,(H,5,6)/t4-,6-,7-,10-;/m1./s1. The lowest BCUT2D eigenvalue weighted by atomic mass is 10.1. The average molecular weight is 628 g/mol. The molecule has 0 spiro atoms. The lowest BCUT2D eigenvalue weighted by Gasteiger charge is -2.19. The molecule has 216 valence electrons. The Hall–Kier alpha value is -1.58. The highest BCUT2D eigenvalue weighted by atomic mass is 32.1. The second kappa shape index (κ2) is 12.7. The highest BCUT2D eigenvalue weighted by molar-refractivity contribution is 7.80. The molecule has 0 radical (unpaired) electrons. The summed E-state index contributed by atoms with van der Waals surface area (Å²) in [5.74, 6) is -0.772. The third kappa shape index (κ3) is 8.98. The van der Waals surface area contributed by atoms with E-state index >= 15 is 0 Å². The summed E-state index contributed by atoms with van der Waals surface area (Å²) in [6.07, 6.45) is -3.69. The second-order valence-electron chi connectivity index (χ2n) is 7.14. The molecule has 1 fully saturated rings. The maximum atomic E-state index is 11.8. The van der Waals surface area contributed by atoms with Crippen molar-refractivity contribution in [3.05, 3.63) is 12.7 Å². The van der Waals surface area contributed by atoms with Crippen molar-refractivity contribution in [2.24, 2.45) is 5.73 Å². The van der Waals surface area contributed by atoms with Gasteiger partial charge in [-0.3, -0.25) is 13.9 Å². The van der Waals surface area contributed by atoms with Gasteiger partial charge in [-0.05, 0) is 0 Å². The van der Waals surface area contributed by atoms with Crippen LogP contribution in [0.5, 0.6) is 0 Å². The summed E-state index contributed by atoms with van der Waals surface area (Å²) < 4.78 is 51.9. The van der Waals surface area contributed by atoms with Crippen molar-refractivity contribution in [3.8, 4) is 0 Å². The quantitative estimate of drug-likeness (QED) is 0.0976. The number of ether oxygens (including phenoxy) is 1. The van der Waals surface area contributed by atoms with E-state index in [4.69, 9.17) is 36.0 Å². The van der Waals surface area contributed by atoms with Crippen molar-refractivity contribution in [2.45, 2.75) is 30.6 Å². The van der Waals surface area contributed by atoms with Gasteiger partial charge in [0.25, 0.3) is 0 Å². The van der Waals surface area contributed by atoms with Crippen LogP contribution in [0.2, 0.25) is 0 Å². The van der Waals surface area contributed by atoms with Crippen LogP contribution in [0.1, 0.15) is 6.23 Å². The Morgan fingerprint density at radius 1 is 1.11 bits per heavy atom. The molecule has 0 aromatic carbocycles. The molecule has 3 heterocycles. The normalized spacial score (nSPS) is 25.7. The summed E-state index contributed by atoms with van der Waals surface area (Å²) in [5.41, 5.74) is 10.9. The summed E-state index contributed by atoms with van der Waals surface area (Å²) in [4.78, 5) is 57.0. The fourth-order valence-electron chi connectivity index (χ4n) is 2.70. The van der Waals surface area contributed by atoms with E-state index < -0.39 is 66.6 Å². The number of nitrogens with two attached hydrogens (primary N) is 2. The molecular formula is C13H23N6O15P3S. The maximum Gasteiger partial charge on any atom is 0.490 e. The van der Waals surface area contributed by atoms with Crippen molar-refractivity contribution < 1.29 is 71.3 Å². The molecule has 2 aromatic heterocycles. The van der Waals surface area contributed by atoms with Gasteiger partial charge < -0.3 is 51.1 Å². The molecule has 3 unspecified atom stereocenters. The summed E-state index contributed by atoms with van der Waals surface area (Å²) >= 11 is 3.65. The van der Waals surface area contributed by atoms with Crippen LogP contribution >= 0.6 is 36.1 Å². The predicted molar refractivity (Wildman–Crippen MR) is 125 cm³/mol. The van der Waals surface area contributed by atoms with Gasteiger partial charge in [-0.2, -0.15) is 21.3 Å². The second-order valence-corrected chi connectivity index (χ2v) is 11.9. The van der Waals surface area contributed by atoms with Gasteiger partial charge in [-0.25, -0.2) is 28.6 Å². The Morgan fingerprint density at radius 2 is 1.74 bits per heavy atom. The number of carbonyl (C=O) groups is 1. The smallest absolute Gasteiger partial charge is 0.480 e. The molecule has 0 saturated carbocycles. The highest BCUT2D eigenvalue weighted by Gasteiger charge is 2.47. The van der Waals surface area contributed by atoms with Crippen molar-refractivity contribution in [3.63, 3.8) is 0 Å². The first-order chi connectivity index (χ1) is 17.4. The lowest BCUT2D eigenvalue weighted by Crippen LogP contribution is -2.33. The summed E-state index contributed by atoms with van der Waals surface area (Å²) in [6.45, 7) is -0.956. The van der Waals surface area contributed by atoms with Crippen molar-refractivity contribution in [2.75, 3.05) is 18.1 Å². The van der Waals surface area contributed by atoms with Gasteiger partial charge in [0.15, 0.2) is 17.7 Å². The van der Waals surface area contributed by atoms with E-state index in [0.29, 0.717) is 0 Å². The molecule has 1 aliphatic heterocycles. The van der Waals surface area contributed by atoms with E-state index in [9.17, 15) is 33.6 Å². The molecule has 38 heavy (non-hydrogen) atoms. The number of phosphoric acid groups is 3. The summed E-state index contributed by atoms with van der Waals surface area (Å²) in [5, 5.41) is 28.4. The number of hydrogen-bond acceptors (Lipinski definition) is 16. The number of hydrogen-bond donors (Lipinski definition) is 10. The summed E-state index contributed by atoms with van der Waals surface area (Å²) in [7, 11) is -16.7. The van der Waals surface area contributed by atoms with E-state index in [2.05, 4.69) is 40.7 Å². The molecular weight excluding hydrogens is 605 g/mol. The van der Waals surface area contributed by atoms with Crippen LogP contribution in [0.3, 0.4) is 0 Å². The first-order valence-electron chi connectivity index (χ1n) is 9.69. The van der Waals surface area contributed by atoms with Gasteiger partial charge in [0.05, 0.1) is 12.9 Å². The van der Waals surface area contributed by atoms with Crippen molar-refractivity contribution >= 4 is 59.0 Å². The van der Waals surface area contributed by atoms with Crippen molar-refractivity contribution in [1.29, 1.82) is 0 Å². The number of anilines is 1. The number of thiol groups is 1. The number of rotatable bonds is 10. The van der Waals surface area contributed by atoms with Gasteiger partial charge in [-0.1, -0.05) is 0 Å². The van der Waals surface area contributed by atoms with E-state index in [0.717, 1.165) is 6.33 Å². The number of aromatic nitrogens is 4. The van der Waals surface area contributed by atoms with E-state index in [-0.39, 0.29) is 22.7 Å². The molecule has 3 rings (SSSR count). The fourth-order valence-corrected chi connectivity index (χ4v) is 5.89. The van der Waals surface area contributed by atoms with Crippen molar-refractivity contribution in [1.82, 2.24) is 19.5 Å². The Balaban J connectivity index is 0.000000638. The molecule has 7 atom stereocenters. The molecule has 21 nitrogen and oxygen atoms in total. The van der Waals surface area contributed by atoms with Crippen LogP contribution in [0.4, 0.5) is 5.82 Å². The SMILES string of the molecule is NC(CS)C(=O)O.Nc1ncnc2c1ncn2[C@@H]1O[C@H](COP(=O)(O)OP(=O)(O)OP(=O)(O)O)[C@@H](O)[C@H]1O. The Morgan fingerprint density at radius 3 is 2.26 bits per heavy atom. The van der Waals surface area contributed by atoms with Crippen LogP contribution in [0.25, 0.3) is 11.2 Å². The Kier molecular flexibility index (Phi) is 10.9. The molecule has 0 bridgehead atoms. The first-order valence-corrected chi connectivity index (χ1v) is 14.8. The minimum absolute atomic E-state index is 0.0426. The van der Waals surface area contributed by atoms with Crippen LogP contribution < -0.4 is 11.5 Å².